The maximum Gasteiger partial charge on any atom is 0.160 e. The topological polar surface area (TPSA) is 30.7 Å². The van der Waals surface area contributed by atoms with E-state index in [1.54, 1.807) is 0 Å². The summed E-state index contributed by atoms with van der Waals surface area (Å²) >= 11 is 0. The molecule has 0 aliphatic rings. The summed E-state index contributed by atoms with van der Waals surface area (Å²) in [5, 5.41) is 13.4. The second kappa shape index (κ2) is 10.8. The quantitative estimate of drug-likeness (QED) is 0.179. The fraction of sp³-hybridized carbons (Fsp3) is 0. The lowest BCUT2D eigenvalue weighted by atomic mass is 9.98. The third kappa shape index (κ3) is 4.32. The van der Waals surface area contributed by atoms with Crippen molar-refractivity contribution in [2.24, 2.45) is 0 Å². The first-order valence-electron chi connectivity index (χ1n) is 17.4. The summed E-state index contributed by atoms with van der Waals surface area (Å²) in [5.74, 6) is 0.709. The van der Waals surface area contributed by atoms with Gasteiger partial charge in [-0.1, -0.05) is 140 Å². The average molecular weight is 648 g/mol. The summed E-state index contributed by atoms with van der Waals surface area (Å²) in [6.07, 6.45) is 0. The molecule has 0 aliphatic carbocycles. The van der Waals surface area contributed by atoms with E-state index in [1.165, 1.54) is 64.9 Å². The Morgan fingerprint density at radius 3 is 1.86 bits per heavy atom. The van der Waals surface area contributed by atoms with Crippen LogP contribution in [0.1, 0.15) is 0 Å². The molecule has 3 nitrogen and oxygen atoms in total. The highest BCUT2D eigenvalue weighted by molar-refractivity contribution is 6.20. The van der Waals surface area contributed by atoms with Crippen molar-refractivity contribution in [1.29, 1.82) is 0 Å². The highest BCUT2D eigenvalue weighted by atomic mass is 15.0. The Hall–Kier alpha value is -6.84. The van der Waals surface area contributed by atoms with Gasteiger partial charge in [-0.05, 0) is 74.1 Å². The molecule has 11 rings (SSSR count). The van der Waals surface area contributed by atoms with Crippen LogP contribution in [0.3, 0.4) is 0 Å². The van der Waals surface area contributed by atoms with Gasteiger partial charge in [-0.2, -0.15) is 0 Å². The second-order valence-electron chi connectivity index (χ2n) is 13.4. The summed E-state index contributed by atoms with van der Waals surface area (Å²) in [7, 11) is 0. The van der Waals surface area contributed by atoms with Gasteiger partial charge in [0.25, 0.3) is 0 Å². The molecule has 0 fully saturated rings. The number of fused-ring (bicyclic) bond motifs is 10. The van der Waals surface area contributed by atoms with E-state index in [0.717, 1.165) is 33.4 Å². The zero-order valence-electron chi connectivity index (χ0n) is 27.6. The first-order valence-corrected chi connectivity index (χ1v) is 17.4. The average Bonchev–Trinajstić information content (AvgIpc) is 3.53. The molecule has 0 aliphatic heterocycles. The minimum Gasteiger partial charge on any atom is -0.309 e. The molecule has 0 amide bonds. The van der Waals surface area contributed by atoms with Gasteiger partial charge in [0.05, 0.1) is 22.2 Å². The van der Waals surface area contributed by atoms with E-state index in [-0.39, 0.29) is 0 Å². The van der Waals surface area contributed by atoms with Gasteiger partial charge in [-0.3, -0.25) is 0 Å². The van der Waals surface area contributed by atoms with Gasteiger partial charge in [-0.15, -0.1) is 0 Å². The van der Waals surface area contributed by atoms with E-state index < -0.39 is 0 Å². The SMILES string of the molecule is c1cc(-c2nc(-c3ccc4c(ccc5ccccc54)c3)c3ccccc3n2)cc(-n2c3cc4ccccc4cc3c3ccc4ccccc4c32)c1. The normalized spacial score (nSPS) is 11.9. The van der Waals surface area contributed by atoms with Crippen LogP contribution in [0.2, 0.25) is 0 Å². The molecule has 0 N–H and O–H groups in total. The summed E-state index contributed by atoms with van der Waals surface area (Å²) in [4.78, 5) is 10.5. The van der Waals surface area contributed by atoms with Crippen LogP contribution in [0.5, 0.6) is 0 Å². The summed E-state index contributed by atoms with van der Waals surface area (Å²) < 4.78 is 2.43. The Morgan fingerprint density at radius 1 is 0.353 bits per heavy atom. The van der Waals surface area contributed by atoms with Crippen LogP contribution in [0.25, 0.3) is 104 Å². The van der Waals surface area contributed by atoms with Crippen LogP contribution in [-0.2, 0) is 0 Å². The van der Waals surface area contributed by atoms with Gasteiger partial charge in [0.15, 0.2) is 5.82 Å². The van der Waals surface area contributed by atoms with Gasteiger partial charge in [-0.25, -0.2) is 9.97 Å². The maximum absolute atomic E-state index is 5.33. The van der Waals surface area contributed by atoms with E-state index in [1.807, 2.05) is 0 Å². The minimum atomic E-state index is 0.709. The van der Waals surface area contributed by atoms with Gasteiger partial charge in [0.1, 0.15) is 0 Å². The molecular formula is C48H29N3. The van der Waals surface area contributed by atoms with Crippen LogP contribution in [0.4, 0.5) is 0 Å². The standard InChI is InChI=1S/C48H29N3/c1-2-13-33-29-45-43(28-32(33)12-1)41-25-22-31-11-4-6-17-40(31)47(41)51(45)37-15-9-14-36(27-37)48-49-44-19-8-7-18-42(44)46(50-48)35-23-24-39-34(26-35)21-20-30-10-3-5-16-38(30)39/h1-29H. The molecule has 236 valence electrons. The number of benzene rings is 9. The summed E-state index contributed by atoms with van der Waals surface area (Å²) in [6.45, 7) is 0. The molecule has 51 heavy (non-hydrogen) atoms. The lowest BCUT2D eigenvalue weighted by Crippen LogP contribution is -1.98. The monoisotopic (exact) mass is 647 g/mol. The van der Waals surface area contributed by atoms with Crippen LogP contribution < -0.4 is 0 Å². The Labute approximate surface area is 293 Å². The van der Waals surface area contributed by atoms with Crippen molar-refractivity contribution in [1.82, 2.24) is 14.5 Å². The molecule has 2 heterocycles. The molecule has 2 aromatic heterocycles. The van der Waals surface area contributed by atoms with E-state index in [9.17, 15) is 0 Å². The van der Waals surface area contributed by atoms with E-state index >= 15 is 0 Å². The van der Waals surface area contributed by atoms with Crippen molar-refractivity contribution >= 4 is 75.8 Å². The predicted octanol–water partition coefficient (Wildman–Crippen LogP) is 12.7. The number of nitrogens with zero attached hydrogens (tertiary/aromatic N) is 3. The predicted molar refractivity (Wildman–Crippen MR) is 215 cm³/mol. The van der Waals surface area contributed by atoms with Crippen molar-refractivity contribution in [2.45, 2.75) is 0 Å². The van der Waals surface area contributed by atoms with Gasteiger partial charge >= 0.3 is 0 Å². The van der Waals surface area contributed by atoms with Gasteiger partial charge in [0.2, 0.25) is 0 Å². The number of aromatic nitrogens is 3. The highest BCUT2D eigenvalue weighted by Crippen LogP contribution is 2.39. The first-order chi connectivity index (χ1) is 25.3. The molecule has 0 saturated heterocycles. The smallest absolute Gasteiger partial charge is 0.160 e. The van der Waals surface area contributed by atoms with Gasteiger partial charge in [0, 0.05) is 38.4 Å². The zero-order chi connectivity index (χ0) is 33.5. The van der Waals surface area contributed by atoms with Crippen LogP contribution >= 0.6 is 0 Å². The Balaban J connectivity index is 1.14. The lowest BCUT2D eigenvalue weighted by molar-refractivity contribution is 1.18. The molecule has 0 saturated carbocycles. The largest absolute Gasteiger partial charge is 0.309 e. The second-order valence-corrected chi connectivity index (χ2v) is 13.4. The zero-order valence-corrected chi connectivity index (χ0v) is 27.6. The fourth-order valence-electron chi connectivity index (χ4n) is 8.10. The first kappa shape index (κ1) is 28.0. The molecule has 3 heteroatoms. The molecule has 0 radical (unpaired) electrons. The molecule has 0 atom stereocenters. The number of rotatable bonds is 3. The molecular weight excluding hydrogens is 619 g/mol. The van der Waals surface area contributed by atoms with E-state index in [2.05, 4.69) is 180 Å². The number of hydrogen-bond acceptors (Lipinski definition) is 2. The minimum absolute atomic E-state index is 0.709. The lowest BCUT2D eigenvalue weighted by Gasteiger charge is -2.13. The third-order valence-electron chi connectivity index (χ3n) is 10.5. The number of hydrogen-bond donors (Lipinski definition) is 0. The van der Waals surface area contributed by atoms with Crippen molar-refractivity contribution < 1.29 is 0 Å². The van der Waals surface area contributed by atoms with Crippen molar-refractivity contribution in [2.75, 3.05) is 0 Å². The van der Waals surface area contributed by atoms with E-state index in [0.29, 0.717) is 5.82 Å². The highest BCUT2D eigenvalue weighted by Gasteiger charge is 2.18. The van der Waals surface area contributed by atoms with Crippen molar-refractivity contribution in [3.8, 4) is 28.3 Å². The Bertz CT molecular complexity index is 3210. The van der Waals surface area contributed by atoms with Crippen LogP contribution in [-0.4, -0.2) is 14.5 Å². The van der Waals surface area contributed by atoms with E-state index in [4.69, 9.17) is 9.97 Å². The van der Waals surface area contributed by atoms with Crippen LogP contribution in [0, 0.1) is 0 Å². The Morgan fingerprint density at radius 2 is 1.00 bits per heavy atom. The van der Waals surface area contributed by atoms with Gasteiger partial charge < -0.3 is 4.57 Å². The van der Waals surface area contributed by atoms with Crippen LogP contribution in [0.15, 0.2) is 176 Å². The fourth-order valence-corrected chi connectivity index (χ4v) is 8.10. The maximum atomic E-state index is 5.33. The summed E-state index contributed by atoms with van der Waals surface area (Å²) in [5.41, 5.74) is 7.38. The molecule has 0 bridgehead atoms. The summed E-state index contributed by atoms with van der Waals surface area (Å²) in [6, 6.07) is 63.3. The Kier molecular flexibility index (Phi) is 5.96. The number of para-hydroxylation sites is 1. The molecule has 0 spiro atoms. The molecule has 11 aromatic rings. The van der Waals surface area contributed by atoms with Crippen molar-refractivity contribution in [3.05, 3.63) is 176 Å². The third-order valence-corrected chi connectivity index (χ3v) is 10.5. The molecule has 0 unspecified atom stereocenters. The van der Waals surface area contributed by atoms with Crippen molar-refractivity contribution in [3.63, 3.8) is 0 Å². The molecule has 9 aromatic carbocycles.